The van der Waals surface area contributed by atoms with Crippen LogP contribution in [0.25, 0.3) is 38.2 Å². The van der Waals surface area contributed by atoms with Gasteiger partial charge in [0.25, 0.3) is 0 Å². The van der Waals surface area contributed by atoms with Gasteiger partial charge in [-0.2, -0.15) is 5.10 Å². The molecule has 36 heavy (non-hydrogen) atoms. The topological polar surface area (TPSA) is 131 Å². The summed E-state index contributed by atoms with van der Waals surface area (Å²) < 4.78 is 1.91. The molecule has 1 fully saturated rings. The van der Waals surface area contributed by atoms with E-state index in [1.54, 1.807) is 11.3 Å². The molecule has 184 valence electrons. The molecule has 9 nitrogen and oxygen atoms in total. The van der Waals surface area contributed by atoms with Crippen molar-refractivity contribution in [2.24, 2.45) is 0 Å². The second-order valence-electron chi connectivity index (χ2n) is 8.70. The molecule has 1 amide bonds. The van der Waals surface area contributed by atoms with Crippen LogP contribution in [0.15, 0.2) is 54.2 Å². The van der Waals surface area contributed by atoms with E-state index < -0.39 is 6.09 Å². The van der Waals surface area contributed by atoms with Gasteiger partial charge in [-0.3, -0.25) is 0 Å². The van der Waals surface area contributed by atoms with Crippen LogP contribution in [0.1, 0.15) is 43.8 Å². The first-order valence-electron chi connectivity index (χ1n) is 11.9. The van der Waals surface area contributed by atoms with Crippen LogP contribution in [0.4, 0.5) is 10.6 Å². The molecule has 0 unspecified atom stereocenters. The predicted molar refractivity (Wildman–Crippen MR) is 142 cm³/mol. The van der Waals surface area contributed by atoms with Crippen molar-refractivity contribution >= 4 is 39.7 Å². The molecule has 1 saturated carbocycles. The Labute approximate surface area is 212 Å². The number of pyridine rings is 1. The minimum absolute atomic E-state index is 0.410. The summed E-state index contributed by atoms with van der Waals surface area (Å²) in [4.78, 5) is 24.7. The Bertz CT molecular complexity index is 1510. The van der Waals surface area contributed by atoms with E-state index in [1.807, 2.05) is 9.83 Å². The molecule has 6 rings (SSSR count). The molecule has 0 bridgehead atoms. The number of nitrogens with one attached hydrogen (secondary N) is 1. The van der Waals surface area contributed by atoms with Crippen molar-refractivity contribution in [2.45, 2.75) is 38.0 Å². The van der Waals surface area contributed by atoms with Gasteiger partial charge in [-0.15, -0.1) is 11.3 Å². The smallest absolute Gasteiger partial charge is 0.404 e. The molecular weight excluding hydrogens is 474 g/mol. The number of rotatable bonds is 3. The molecule has 0 saturated heterocycles. The van der Waals surface area contributed by atoms with E-state index in [-0.39, 0.29) is 0 Å². The number of imidazole rings is 1. The van der Waals surface area contributed by atoms with Crippen molar-refractivity contribution in [3.63, 3.8) is 0 Å². The normalized spacial score (nSPS) is 13.9. The highest BCUT2D eigenvalue weighted by molar-refractivity contribution is 7.13. The number of nitrogens with zero attached hydrogens (tertiary/aromatic N) is 5. The number of nitrogen functional groups attached to an aromatic ring is 1. The van der Waals surface area contributed by atoms with Crippen molar-refractivity contribution in [2.75, 3.05) is 12.8 Å². The molecule has 5 aromatic rings. The Kier molecular flexibility index (Phi) is 6.77. The Morgan fingerprint density at radius 3 is 2.64 bits per heavy atom. The van der Waals surface area contributed by atoms with Crippen LogP contribution in [0.2, 0.25) is 0 Å². The molecule has 4 N–H and O–H groups in total. The van der Waals surface area contributed by atoms with Gasteiger partial charge in [-0.1, -0.05) is 43.5 Å². The van der Waals surface area contributed by atoms with Gasteiger partial charge in [0.05, 0.1) is 16.1 Å². The summed E-state index contributed by atoms with van der Waals surface area (Å²) in [5, 5.41) is 17.3. The number of carboxylic acid groups (broad SMARTS) is 1. The summed E-state index contributed by atoms with van der Waals surface area (Å²) in [6.45, 7) is 0. The van der Waals surface area contributed by atoms with Gasteiger partial charge in [-0.05, 0) is 36.4 Å². The van der Waals surface area contributed by atoms with Crippen molar-refractivity contribution in [1.29, 1.82) is 0 Å². The first-order chi connectivity index (χ1) is 17.5. The van der Waals surface area contributed by atoms with Crippen LogP contribution in [0.3, 0.4) is 0 Å². The highest BCUT2D eigenvalue weighted by Crippen LogP contribution is 2.37. The second-order valence-corrected chi connectivity index (χ2v) is 9.64. The fourth-order valence-corrected chi connectivity index (χ4v) is 5.32. The zero-order valence-corrected chi connectivity index (χ0v) is 20.7. The Hall–Kier alpha value is -4.05. The summed E-state index contributed by atoms with van der Waals surface area (Å²) in [5.74, 6) is 1.87. The molecular formula is C26H27N7O2S. The van der Waals surface area contributed by atoms with Crippen LogP contribution in [0.5, 0.6) is 0 Å². The number of aromatic nitrogens is 5. The maximum absolute atomic E-state index is 9.26. The van der Waals surface area contributed by atoms with E-state index in [2.05, 4.69) is 57.9 Å². The van der Waals surface area contributed by atoms with Crippen LogP contribution in [0, 0.1) is 0 Å². The molecule has 0 atom stereocenters. The third-order valence-electron chi connectivity index (χ3n) is 6.41. The highest BCUT2D eigenvalue weighted by Gasteiger charge is 2.25. The van der Waals surface area contributed by atoms with E-state index in [1.165, 1.54) is 32.6 Å². The first-order valence-corrected chi connectivity index (χ1v) is 12.8. The number of benzene rings is 1. The van der Waals surface area contributed by atoms with Crippen LogP contribution < -0.4 is 11.1 Å². The quantitative estimate of drug-likeness (QED) is 0.294. The van der Waals surface area contributed by atoms with Gasteiger partial charge in [0.1, 0.15) is 23.4 Å². The minimum Gasteiger partial charge on any atom is -0.465 e. The molecule has 4 aromatic heterocycles. The zero-order valence-electron chi connectivity index (χ0n) is 19.9. The predicted octanol–water partition coefficient (Wildman–Crippen LogP) is 5.58. The average Bonchev–Trinajstić information content (AvgIpc) is 3.58. The van der Waals surface area contributed by atoms with E-state index in [0.717, 1.165) is 56.9 Å². The maximum Gasteiger partial charge on any atom is 0.404 e. The van der Waals surface area contributed by atoms with Crippen molar-refractivity contribution in [3.8, 4) is 21.8 Å². The standard InChI is InChI=1S/C24H22N6S.C2H5NO2/c25-23-22-21(29-24(30(22)27-14-26-23)16-5-2-1-3-6-16)17-9-8-15-10-11-18(28-19(15)13-17)20-7-4-12-31-20;1-3-2(4)5/h4,7-14,16H,1-3,5-6H2,(H2,25,26,27);3H,1H3,(H,4,5). The van der Waals surface area contributed by atoms with Gasteiger partial charge in [-0.25, -0.2) is 24.3 Å². The van der Waals surface area contributed by atoms with Gasteiger partial charge >= 0.3 is 6.09 Å². The lowest BCUT2D eigenvalue weighted by molar-refractivity contribution is 0.197. The lowest BCUT2D eigenvalue weighted by Gasteiger charge is -2.19. The molecule has 1 aliphatic carbocycles. The summed E-state index contributed by atoms with van der Waals surface area (Å²) in [6.07, 6.45) is 6.59. The third-order valence-corrected chi connectivity index (χ3v) is 7.30. The fourth-order valence-electron chi connectivity index (χ4n) is 4.63. The third kappa shape index (κ3) is 4.72. The van der Waals surface area contributed by atoms with Crippen LogP contribution in [-0.2, 0) is 0 Å². The summed E-state index contributed by atoms with van der Waals surface area (Å²) in [7, 11) is 1.35. The highest BCUT2D eigenvalue weighted by atomic mass is 32.1. The van der Waals surface area contributed by atoms with Gasteiger partial charge in [0.2, 0.25) is 0 Å². The Balaban J connectivity index is 0.000000489. The lowest BCUT2D eigenvalue weighted by atomic mass is 9.89. The number of nitrogens with two attached hydrogens (primary N) is 1. The SMILES string of the molecule is CNC(=O)O.Nc1ncnn2c(C3CCCCC3)nc(-c3ccc4ccc(-c5cccs5)nc4c3)c12. The number of fused-ring (bicyclic) bond motifs is 2. The Morgan fingerprint density at radius 1 is 1.14 bits per heavy atom. The van der Waals surface area contributed by atoms with Gasteiger partial charge in [0, 0.05) is 23.9 Å². The number of amides is 1. The molecule has 0 aliphatic heterocycles. The molecule has 1 aromatic carbocycles. The fraction of sp³-hybridized carbons (Fsp3) is 0.269. The van der Waals surface area contributed by atoms with E-state index >= 15 is 0 Å². The number of carbonyl (C=O) groups is 1. The molecule has 0 spiro atoms. The largest absolute Gasteiger partial charge is 0.465 e. The van der Waals surface area contributed by atoms with Crippen molar-refractivity contribution < 1.29 is 9.90 Å². The molecule has 1 aliphatic rings. The number of thiophene rings is 1. The summed E-state index contributed by atoms with van der Waals surface area (Å²) in [6, 6.07) is 14.6. The summed E-state index contributed by atoms with van der Waals surface area (Å²) >= 11 is 1.70. The first kappa shape index (κ1) is 23.7. The molecule has 10 heteroatoms. The molecule has 0 radical (unpaired) electrons. The van der Waals surface area contributed by atoms with Crippen LogP contribution in [-0.4, -0.2) is 42.8 Å². The minimum atomic E-state index is -0.995. The van der Waals surface area contributed by atoms with Crippen molar-refractivity contribution in [3.05, 3.63) is 60.0 Å². The number of hydrogen-bond acceptors (Lipinski definition) is 7. The lowest BCUT2D eigenvalue weighted by Crippen LogP contribution is -2.13. The average molecular weight is 502 g/mol. The monoisotopic (exact) mass is 501 g/mol. The maximum atomic E-state index is 9.26. The zero-order chi connectivity index (χ0) is 25.1. The van der Waals surface area contributed by atoms with Crippen LogP contribution >= 0.6 is 11.3 Å². The van der Waals surface area contributed by atoms with E-state index in [9.17, 15) is 4.79 Å². The number of hydrogen-bond donors (Lipinski definition) is 3. The van der Waals surface area contributed by atoms with Gasteiger partial charge < -0.3 is 16.2 Å². The summed E-state index contributed by atoms with van der Waals surface area (Å²) in [5.41, 5.74) is 10.9. The van der Waals surface area contributed by atoms with E-state index in [4.69, 9.17) is 20.8 Å². The van der Waals surface area contributed by atoms with E-state index in [0.29, 0.717) is 11.7 Å². The molecule has 4 heterocycles. The Morgan fingerprint density at radius 2 is 1.92 bits per heavy atom. The number of anilines is 1. The van der Waals surface area contributed by atoms with Gasteiger partial charge in [0.15, 0.2) is 5.82 Å². The van der Waals surface area contributed by atoms with Crippen molar-refractivity contribution in [1.82, 2.24) is 29.9 Å². The second kappa shape index (κ2) is 10.3.